The van der Waals surface area contributed by atoms with Crippen LogP contribution in [-0.4, -0.2) is 13.3 Å². The summed E-state index contributed by atoms with van der Waals surface area (Å²) in [6.07, 6.45) is 37.4. The molecule has 4 aliphatic rings. The van der Waals surface area contributed by atoms with Crippen molar-refractivity contribution in [2.75, 3.05) is 16.3 Å². The molecule has 2 aliphatic heterocycles. The van der Waals surface area contributed by atoms with E-state index in [-0.39, 0.29) is 6.71 Å². The molecule has 1 fully saturated rings. The highest BCUT2D eigenvalue weighted by Crippen LogP contribution is 2.41. The maximum Gasteiger partial charge on any atom is 0.252 e. The van der Waals surface area contributed by atoms with Crippen molar-refractivity contribution in [1.29, 1.82) is 0 Å². The Morgan fingerprint density at radius 2 is 1.15 bits per heavy atom. The maximum absolute atomic E-state index is 2.58. The van der Waals surface area contributed by atoms with E-state index >= 15 is 0 Å². The lowest BCUT2D eigenvalue weighted by Crippen LogP contribution is -2.61. The smallest absolute Gasteiger partial charge is 0.252 e. The van der Waals surface area contributed by atoms with Crippen LogP contribution in [0.25, 0.3) is 6.08 Å². The first-order valence-corrected chi connectivity index (χ1v) is 21.4. The van der Waals surface area contributed by atoms with Gasteiger partial charge in [-0.3, -0.25) is 0 Å². The van der Waals surface area contributed by atoms with Crippen molar-refractivity contribution in [2.45, 2.75) is 122 Å². The number of hydrogen-bond acceptors (Lipinski definition) is 2. The second-order valence-electron chi connectivity index (χ2n) is 16.1. The minimum absolute atomic E-state index is 0.204. The van der Waals surface area contributed by atoms with Gasteiger partial charge in [0.15, 0.2) is 0 Å². The maximum atomic E-state index is 2.58. The summed E-state index contributed by atoms with van der Waals surface area (Å²) >= 11 is 0. The van der Waals surface area contributed by atoms with E-state index in [1.165, 1.54) is 172 Å². The number of nitrogens with zero attached hydrogens (tertiary/aromatic N) is 2. The fourth-order valence-electron chi connectivity index (χ4n) is 9.60. The summed E-state index contributed by atoms with van der Waals surface area (Å²) in [5.41, 5.74) is 15.3. The summed E-state index contributed by atoms with van der Waals surface area (Å²) in [6.45, 7) is 1.06. The summed E-state index contributed by atoms with van der Waals surface area (Å²) in [4.78, 5) is 5.15. The molecular weight excluding hydrogens is 639 g/mol. The first kappa shape index (κ1) is 35.8. The van der Waals surface area contributed by atoms with E-state index in [4.69, 9.17) is 0 Å². The molecule has 2 nitrogen and oxygen atoms in total. The Kier molecular flexibility index (Phi) is 12.0. The molecule has 3 heteroatoms. The van der Waals surface area contributed by atoms with Gasteiger partial charge in [0.2, 0.25) is 0 Å². The molecule has 272 valence electrons. The van der Waals surface area contributed by atoms with Gasteiger partial charge in [-0.2, -0.15) is 0 Å². The van der Waals surface area contributed by atoms with Crippen LogP contribution in [0.4, 0.5) is 28.4 Å². The van der Waals surface area contributed by atoms with Crippen molar-refractivity contribution < 1.29 is 0 Å². The molecule has 0 spiro atoms. The Labute approximate surface area is 320 Å². The molecule has 0 amide bonds. The molecule has 1 saturated carbocycles. The van der Waals surface area contributed by atoms with Crippen molar-refractivity contribution in [3.63, 3.8) is 0 Å². The molecule has 0 radical (unpaired) electrons. The lowest BCUT2D eigenvalue weighted by molar-refractivity contribution is 0.582. The molecule has 4 aromatic rings. The van der Waals surface area contributed by atoms with Crippen LogP contribution in [-0.2, 0) is 6.42 Å². The molecule has 2 aliphatic carbocycles. The third-order valence-corrected chi connectivity index (χ3v) is 12.4. The quantitative estimate of drug-likeness (QED) is 0.172. The number of rotatable bonds is 4. The number of benzene rings is 4. The van der Waals surface area contributed by atoms with E-state index in [2.05, 4.69) is 125 Å². The van der Waals surface area contributed by atoms with Crippen LogP contribution in [0.3, 0.4) is 0 Å². The van der Waals surface area contributed by atoms with Gasteiger partial charge in [0.1, 0.15) is 0 Å². The number of anilines is 5. The summed E-state index contributed by atoms with van der Waals surface area (Å²) in [5.74, 6) is 0. The highest BCUT2D eigenvalue weighted by Gasteiger charge is 2.42. The predicted octanol–water partition coefficient (Wildman–Crippen LogP) is 12.5. The van der Waals surface area contributed by atoms with E-state index in [1.807, 2.05) is 0 Å². The Hall–Kier alpha value is -4.24. The molecule has 8 rings (SSSR count). The molecule has 0 aromatic heterocycles. The van der Waals surface area contributed by atoms with Crippen LogP contribution < -0.4 is 26.2 Å². The lowest BCUT2D eigenvalue weighted by atomic mass is 9.33. The van der Waals surface area contributed by atoms with E-state index in [0.29, 0.717) is 0 Å². The minimum Gasteiger partial charge on any atom is -0.338 e. The monoisotopic (exact) mass is 698 g/mol. The molecule has 0 unspecified atom stereocenters. The van der Waals surface area contributed by atoms with Crippen LogP contribution >= 0.6 is 0 Å². The van der Waals surface area contributed by atoms with E-state index in [1.54, 1.807) is 5.57 Å². The number of fused-ring (bicyclic) bond motifs is 5. The van der Waals surface area contributed by atoms with Crippen molar-refractivity contribution in [1.82, 2.24) is 0 Å². The van der Waals surface area contributed by atoms with Gasteiger partial charge in [-0.25, -0.2) is 0 Å². The van der Waals surface area contributed by atoms with Crippen LogP contribution in [0.2, 0.25) is 0 Å². The SMILES string of the molecule is C(/C=C\CN1c2ccccc2B2c3ccccc3N(c3ccc4c(c3)CCCCCCCCC/C=C/4)c3cccc1c32)=C1CCCCCCCCCC1. The zero-order chi connectivity index (χ0) is 35.7. The Balaban J connectivity index is 1.15. The molecule has 0 bridgehead atoms. The van der Waals surface area contributed by atoms with Gasteiger partial charge in [-0.05, 0) is 115 Å². The molecule has 0 N–H and O–H groups in total. The number of allylic oxidation sites excluding steroid dienone is 4. The summed E-state index contributed by atoms with van der Waals surface area (Å²) in [5, 5.41) is 0. The lowest BCUT2D eigenvalue weighted by Gasteiger charge is -2.43. The predicted molar refractivity (Wildman–Crippen MR) is 232 cm³/mol. The summed E-state index contributed by atoms with van der Waals surface area (Å²) in [6, 6.07) is 32.7. The molecule has 2 heterocycles. The molecule has 4 aromatic carbocycles. The molecule has 0 atom stereocenters. The Morgan fingerprint density at radius 1 is 0.547 bits per heavy atom. The van der Waals surface area contributed by atoms with E-state index < -0.39 is 0 Å². The average molecular weight is 699 g/mol. The van der Waals surface area contributed by atoms with Gasteiger partial charge in [-0.1, -0.05) is 155 Å². The highest BCUT2D eigenvalue weighted by atomic mass is 15.2. The number of hydrogen-bond donors (Lipinski definition) is 0. The van der Waals surface area contributed by atoms with Crippen molar-refractivity contribution in [3.8, 4) is 0 Å². The average Bonchev–Trinajstić information content (AvgIpc) is 3.23. The van der Waals surface area contributed by atoms with Gasteiger partial charge in [0.05, 0.1) is 0 Å². The standard InChI is InChI=1S/C50H59BN2/c1-2-8-12-16-28-41-36-37-43(39-42(41)29-17-13-9-3-1)53-47-33-21-19-31-45(47)51-44-30-18-20-32-46(44)52(48-34-24-35-49(53)50(48)51)38-23-22-27-40-25-14-10-6-4-5-7-11-15-26-40/h16,18-24,27-28,30-37,39H,1-15,17,25-26,29,38H2/b23-22-,28-16+. The fraction of sp³-hybridized carbons (Fsp3) is 0.400. The third kappa shape index (κ3) is 8.15. The number of para-hydroxylation sites is 2. The Bertz CT molecular complexity index is 1920. The van der Waals surface area contributed by atoms with E-state index in [0.717, 1.165) is 13.0 Å². The largest absolute Gasteiger partial charge is 0.338 e. The minimum atomic E-state index is 0.204. The second kappa shape index (κ2) is 17.7. The van der Waals surface area contributed by atoms with Crippen molar-refractivity contribution in [3.05, 3.63) is 126 Å². The van der Waals surface area contributed by atoms with Crippen LogP contribution in [0.1, 0.15) is 127 Å². The summed E-state index contributed by atoms with van der Waals surface area (Å²) in [7, 11) is 0. The van der Waals surface area contributed by atoms with Crippen LogP contribution in [0.15, 0.2) is 115 Å². The summed E-state index contributed by atoms with van der Waals surface area (Å²) < 4.78 is 0. The van der Waals surface area contributed by atoms with Gasteiger partial charge in [-0.15, -0.1) is 0 Å². The number of aryl methyl sites for hydroxylation is 1. The van der Waals surface area contributed by atoms with Gasteiger partial charge in [0, 0.05) is 35.0 Å². The second-order valence-corrected chi connectivity index (χ2v) is 16.1. The molecule has 53 heavy (non-hydrogen) atoms. The normalized spacial score (nSPS) is 19.0. The van der Waals surface area contributed by atoms with Crippen molar-refractivity contribution >= 4 is 57.6 Å². The third-order valence-electron chi connectivity index (χ3n) is 12.4. The van der Waals surface area contributed by atoms with Crippen molar-refractivity contribution in [2.24, 2.45) is 0 Å². The topological polar surface area (TPSA) is 6.48 Å². The van der Waals surface area contributed by atoms with E-state index in [9.17, 15) is 0 Å². The fourth-order valence-corrected chi connectivity index (χ4v) is 9.60. The first-order valence-electron chi connectivity index (χ1n) is 21.4. The zero-order valence-corrected chi connectivity index (χ0v) is 32.1. The highest BCUT2D eigenvalue weighted by molar-refractivity contribution is 7.00. The first-order chi connectivity index (χ1) is 26.4. The molecule has 0 saturated heterocycles. The van der Waals surface area contributed by atoms with Gasteiger partial charge >= 0.3 is 0 Å². The molecular formula is C50H59BN2. The zero-order valence-electron chi connectivity index (χ0n) is 32.1. The van der Waals surface area contributed by atoms with Crippen LogP contribution in [0.5, 0.6) is 0 Å². The van der Waals surface area contributed by atoms with Gasteiger partial charge in [0.25, 0.3) is 6.71 Å². The van der Waals surface area contributed by atoms with Gasteiger partial charge < -0.3 is 9.80 Å². The van der Waals surface area contributed by atoms with Crippen LogP contribution in [0, 0.1) is 0 Å². The Morgan fingerprint density at radius 3 is 1.91 bits per heavy atom.